The molecule has 1 rings (SSSR count). The first-order valence-corrected chi connectivity index (χ1v) is 4.55. The fraction of sp³-hybridized carbons (Fsp3) is 0.222. The highest BCUT2D eigenvalue weighted by atomic mass is 35.5. The third-order valence-electron chi connectivity index (χ3n) is 1.81. The summed E-state index contributed by atoms with van der Waals surface area (Å²) in [7, 11) is 0. The molecule has 76 valence electrons. The summed E-state index contributed by atoms with van der Waals surface area (Å²) in [6.45, 7) is 1.71. The second-order valence-corrected chi connectivity index (χ2v) is 3.68. The van der Waals surface area contributed by atoms with Crippen molar-refractivity contribution in [3.8, 4) is 0 Å². The third kappa shape index (κ3) is 2.18. The van der Waals surface area contributed by atoms with Crippen molar-refractivity contribution in [2.75, 3.05) is 0 Å². The van der Waals surface area contributed by atoms with Crippen LogP contribution in [0, 0.1) is 6.92 Å². The van der Waals surface area contributed by atoms with Gasteiger partial charge < -0.3 is 10.2 Å². The van der Waals surface area contributed by atoms with Crippen molar-refractivity contribution in [2.24, 2.45) is 0 Å². The molecule has 2 N–H and O–H groups in total. The molecule has 3 nitrogen and oxygen atoms in total. The number of carbonyl (C=O) groups is 1. The van der Waals surface area contributed by atoms with Crippen molar-refractivity contribution >= 4 is 29.2 Å². The lowest BCUT2D eigenvalue weighted by Gasteiger charge is -2.09. The number of carboxylic acids is 1. The van der Waals surface area contributed by atoms with E-state index in [1.165, 1.54) is 12.1 Å². The van der Waals surface area contributed by atoms with E-state index in [1.54, 1.807) is 6.92 Å². The minimum Gasteiger partial charge on any atom is -0.479 e. The van der Waals surface area contributed by atoms with E-state index in [0.717, 1.165) is 0 Å². The van der Waals surface area contributed by atoms with Gasteiger partial charge >= 0.3 is 5.97 Å². The molecule has 1 atom stereocenters. The van der Waals surface area contributed by atoms with E-state index < -0.39 is 12.1 Å². The number of rotatable bonds is 2. The molecule has 0 unspecified atom stereocenters. The first kappa shape index (κ1) is 11.3. The molecule has 0 saturated heterocycles. The molecule has 0 amide bonds. The molecular weight excluding hydrogens is 227 g/mol. The molecule has 0 heterocycles. The quantitative estimate of drug-likeness (QED) is 0.827. The highest BCUT2D eigenvalue weighted by Gasteiger charge is 2.19. The summed E-state index contributed by atoms with van der Waals surface area (Å²) in [6, 6.07) is 2.88. The van der Waals surface area contributed by atoms with E-state index in [4.69, 9.17) is 28.3 Å². The molecule has 0 aliphatic carbocycles. The van der Waals surface area contributed by atoms with Crippen molar-refractivity contribution in [3.63, 3.8) is 0 Å². The standard InChI is InChI=1S/C9H8Cl2O3/c1-4-2-5(8(12)9(13)14)7(11)3-6(4)10/h2-3,8,12H,1H3,(H,13,14)/t8-/m0/s1. The molecule has 14 heavy (non-hydrogen) atoms. The molecule has 0 radical (unpaired) electrons. The Bertz CT molecular complexity index is 377. The molecular formula is C9H8Cl2O3. The number of aliphatic carboxylic acids is 1. The predicted octanol–water partition coefficient (Wildman–Crippen LogP) is 2.42. The van der Waals surface area contributed by atoms with Gasteiger partial charge in [-0.15, -0.1) is 0 Å². The Kier molecular flexibility index (Phi) is 3.37. The molecule has 0 aliphatic rings. The molecule has 0 bridgehead atoms. The van der Waals surface area contributed by atoms with Gasteiger partial charge in [0.05, 0.1) is 0 Å². The van der Waals surface area contributed by atoms with Gasteiger partial charge in [-0.05, 0) is 24.6 Å². The molecule has 5 heteroatoms. The van der Waals surface area contributed by atoms with Gasteiger partial charge in [-0.2, -0.15) is 0 Å². The first-order valence-electron chi connectivity index (χ1n) is 3.80. The molecule has 0 aliphatic heterocycles. The van der Waals surface area contributed by atoms with E-state index in [-0.39, 0.29) is 10.6 Å². The van der Waals surface area contributed by atoms with E-state index in [9.17, 15) is 9.90 Å². The van der Waals surface area contributed by atoms with Gasteiger partial charge in [0.15, 0.2) is 6.10 Å². The van der Waals surface area contributed by atoms with Crippen molar-refractivity contribution < 1.29 is 15.0 Å². The van der Waals surface area contributed by atoms with Crippen LogP contribution in [0.15, 0.2) is 12.1 Å². The highest BCUT2D eigenvalue weighted by Crippen LogP contribution is 2.29. The number of aliphatic hydroxyl groups excluding tert-OH is 1. The molecule has 0 fully saturated rings. The third-order valence-corrected chi connectivity index (χ3v) is 2.54. The lowest BCUT2D eigenvalue weighted by Crippen LogP contribution is -2.11. The zero-order chi connectivity index (χ0) is 10.9. The number of hydrogen-bond donors (Lipinski definition) is 2. The lowest BCUT2D eigenvalue weighted by molar-refractivity contribution is -0.146. The van der Waals surface area contributed by atoms with Gasteiger partial charge in [0.25, 0.3) is 0 Å². The SMILES string of the molecule is Cc1cc([C@H](O)C(=O)O)c(Cl)cc1Cl. The molecule has 0 saturated carbocycles. The number of aliphatic hydroxyl groups is 1. The van der Waals surface area contributed by atoms with Crippen LogP contribution in [0.2, 0.25) is 10.0 Å². The molecule has 0 aromatic heterocycles. The van der Waals surface area contributed by atoms with Crippen molar-refractivity contribution in [3.05, 3.63) is 33.3 Å². The Morgan fingerprint density at radius 1 is 1.36 bits per heavy atom. The maximum atomic E-state index is 10.5. The minimum absolute atomic E-state index is 0.149. The Hall–Kier alpha value is -0.770. The van der Waals surface area contributed by atoms with Crippen LogP contribution in [0.25, 0.3) is 0 Å². The number of halogens is 2. The maximum absolute atomic E-state index is 10.5. The molecule has 1 aromatic carbocycles. The van der Waals surface area contributed by atoms with Crippen molar-refractivity contribution in [1.29, 1.82) is 0 Å². The Morgan fingerprint density at radius 3 is 2.43 bits per heavy atom. The second kappa shape index (κ2) is 4.17. The van der Waals surface area contributed by atoms with Gasteiger partial charge in [0.1, 0.15) is 0 Å². The Labute approximate surface area is 90.9 Å². The number of hydrogen-bond acceptors (Lipinski definition) is 2. The summed E-state index contributed by atoms with van der Waals surface area (Å²) in [6.07, 6.45) is -1.61. The summed E-state index contributed by atoms with van der Waals surface area (Å²) in [5, 5.41) is 18.4. The van der Waals surface area contributed by atoms with Gasteiger partial charge in [0.2, 0.25) is 0 Å². The fourth-order valence-corrected chi connectivity index (χ4v) is 1.51. The van der Waals surface area contributed by atoms with Crippen LogP contribution in [0.3, 0.4) is 0 Å². The average molecular weight is 235 g/mol. The highest BCUT2D eigenvalue weighted by molar-refractivity contribution is 6.35. The second-order valence-electron chi connectivity index (χ2n) is 2.86. The average Bonchev–Trinajstić information content (AvgIpc) is 2.10. The minimum atomic E-state index is -1.61. The van der Waals surface area contributed by atoms with Gasteiger partial charge in [-0.25, -0.2) is 4.79 Å². The van der Waals surface area contributed by atoms with Crippen LogP contribution in [0.4, 0.5) is 0 Å². The van der Waals surface area contributed by atoms with Crippen molar-refractivity contribution in [1.82, 2.24) is 0 Å². The van der Waals surface area contributed by atoms with E-state index in [2.05, 4.69) is 0 Å². The van der Waals surface area contributed by atoms with Crippen LogP contribution in [0.1, 0.15) is 17.2 Å². The topological polar surface area (TPSA) is 57.5 Å². The van der Waals surface area contributed by atoms with Gasteiger partial charge in [0, 0.05) is 15.6 Å². The predicted molar refractivity (Wildman–Crippen MR) is 53.8 cm³/mol. The number of carboxylic acid groups (broad SMARTS) is 1. The van der Waals surface area contributed by atoms with Crippen LogP contribution >= 0.6 is 23.2 Å². The van der Waals surface area contributed by atoms with Crippen LogP contribution < -0.4 is 0 Å². The zero-order valence-corrected chi connectivity index (χ0v) is 8.80. The summed E-state index contributed by atoms with van der Waals surface area (Å²) in [5.74, 6) is -1.34. The zero-order valence-electron chi connectivity index (χ0n) is 7.29. The molecule has 0 spiro atoms. The van der Waals surface area contributed by atoms with Crippen LogP contribution in [0.5, 0.6) is 0 Å². The lowest BCUT2D eigenvalue weighted by atomic mass is 10.1. The number of benzene rings is 1. The largest absolute Gasteiger partial charge is 0.479 e. The summed E-state index contributed by atoms with van der Waals surface area (Å²) < 4.78 is 0. The van der Waals surface area contributed by atoms with Crippen LogP contribution in [-0.2, 0) is 4.79 Å². The maximum Gasteiger partial charge on any atom is 0.337 e. The van der Waals surface area contributed by atoms with E-state index in [1.807, 2.05) is 0 Å². The smallest absolute Gasteiger partial charge is 0.337 e. The van der Waals surface area contributed by atoms with E-state index in [0.29, 0.717) is 10.6 Å². The fourth-order valence-electron chi connectivity index (χ4n) is 1.02. The van der Waals surface area contributed by atoms with E-state index >= 15 is 0 Å². The number of aryl methyl sites for hydroxylation is 1. The summed E-state index contributed by atoms with van der Waals surface area (Å²) in [4.78, 5) is 10.5. The van der Waals surface area contributed by atoms with Gasteiger partial charge in [-0.3, -0.25) is 0 Å². The monoisotopic (exact) mass is 234 g/mol. The Balaban J connectivity index is 3.22. The van der Waals surface area contributed by atoms with Crippen LogP contribution in [-0.4, -0.2) is 16.2 Å². The normalized spacial score (nSPS) is 12.6. The van der Waals surface area contributed by atoms with Gasteiger partial charge in [-0.1, -0.05) is 23.2 Å². The molecule has 1 aromatic rings. The van der Waals surface area contributed by atoms with Crippen molar-refractivity contribution in [2.45, 2.75) is 13.0 Å². The summed E-state index contributed by atoms with van der Waals surface area (Å²) >= 11 is 11.5. The summed E-state index contributed by atoms with van der Waals surface area (Å²) in [5.41, 5.74) is 0.826. The first-order chi connectivity index (χ1) is 6.43. The Morgan fingerprint density at radius 2 is 1.93 bits per heavy atom.